The van der Waals surface area contributed by atoms with Crippen molar-refractivity contribution in [1.29, 1.82) is 0 Å². The number of hydrogen-bond donors (Lipinski definition) is 24. The van der Waals surface area contributed by atoms with Gasteiger partial charge >= 0.3 is 10.4 Å². The molecule has 0 radical (unpaired) electrons. The molecule has 0 aromatic rings. The van der Waals surface area contributed by atoms with E-state index < -0.39 is 301 Å². The van der Waals surface area contributed by atoms with Crippen LogP contribution < -0.4 is 10.6 Å². The maximum atomic E-state index is 13.4. The number of amides is 2. The average Bonchev–Trinajstić information content (AvgIpc) is 0.771. The highest BCUT2D eigenvalue weighted by atomic mass is 32.3. The van der Waals surface area contributed by atoms with Crippen LogP contribution >= 0.6 is 0 Å². The molecule has 0 aromatic carbocycles. The Morgan fingerprint density at radius 3 is 1.29 bits per heavy atom. The van der Waals surface area contributed by atoms with Gasteiger partial charge in [-0.25, -0.2) is 4.18 Å². The summed E-state index contributed by atoms with van der Waals surface area (Å²) in [5.41, 5.74) is 0. The zero-order valence-electron chi connectivity index (χ0n) is 51.8. The van der Waals surface area contributed by atoms with Crippen LogP contribution in [-0.2, 0) is 90.5 Å². The third kappa shape index (κ3) is 18.6. The number of carbonyl (C=O) groups is 2. The van der Waals surface area contributed by atoms with Gasteiger partial charge in [0.15, 0.2) is 44.0 Å². The molecule has 0 aromatic heterocycles. The summed E-state index contributed by atoms with van der Waals surface area (Å²) in [5, 5.41) is 234. The Morgan fingerprint density at radius 2 is 0.833 bits per heavy atom. The number of rotatable bonds is 27. The number of hydrogen-bond acceptors (Lipinski definition) is 40. The normalized spacial score (nSPS) is 47.1. The average molecular weight is 1430 g/mol. The number of aliphatic hydroxyl groups excluding tert-OH is 21. The van der Waals surface area contributed by atoms with Gasteiger partial charge in [-0.05, 0) is 20.8 Å². The van der Waals surface area contributed by atoms with Gasteiger partial charge in [0, 0.05) is 13.8 Å². The van der Waals surface area contributed by atoms with E-state index in [1.807, 2.05) is 0 Å². The molecule has 0 saturated carbocycles. The molecule has 7 heterocycles. The smallest absolute Gasteiger partial charge is 0.394 e. The topological polar surface area (TPSA) is 676 Å². The van der Waals surface area contributed by atoms with E-state index in [-0.39, 0.29) is 0 Å². The van der Waals surface area contributed by atoms with Crippen LogP contribution in [0, 0.1) is 0 Å². The second-order valence-corrected chi connectivity index (χ2v) is 25.2. The van der Waals surface area contributed by atoms with E-state index in [0.29, 0.717) is 0 Å². The summed E-state index contributed by atoms with van der Waals surface area (Å²) in [6.45, 7) is -1.82. The first-order valence-corrected chi connectivity index (χ1v) is 31.6. The van der Waals surface area contributed by atoms with E-state index in [4.69, 9.17) is 70.5 Å². The Morgan fingerprint density at radius 1 is 0.438 bits per heavy atom. The fourth-order valence-electron chi connectivity index (χ4n) is 11.7. The van der Waals surface area contributed by atoms with Crippen molar-refractivity contribution in [3.63, 3.8) is 0 Å². The van der Waals surface area contributed by atoms with E-state index in [0.717, 1.165) is 13.8 Å². The monoisotopic (exact) mass is 1430 g/mol. The first-order valence-electron chi connectivity index (χ1n) is 30.3. The molecule has 43 nitrogen and oxygen atoms in total. The standard InChI is InChI=1S/C52H90N2O41S/c1-12-24(62)31(69)36(74)47(83-12)92-42-23(54-16(5)60)46(81-10-18(61)27(65)40(17(6-55)53-15(4)59)90-51-44(35(73)29(67)20(8-57)87-51)94-48-37(75)32(70)25(63)13(2)84-48)89-22(11-82-96(78,79)80)41(42)91-52-45(95-49-38(76)33(71)26(64)14(3)85-49)43(30(68)21(9-58)88-52)93-50-39(77)34(72)28(66)19(7-56)86-50/h12-14,17-52,55-58,61-77H,6-11H2,1-5H3,(H,53,59)(H,54,60)(H,78,79,80)/t12-,13-,14-,17-,18+,19+,20+,21+,22+,23+,24+,25+,26+,27-,28-,29-,30-,31+,32+,33+,34-,35-,36-,37-,38-,39+,40+,41+,42+,43-,44+,45+,46+,47-,48-,49-,50+,51-,52-/m0/s1. The van der Waals surface area contributed by atoms with Gasteiger partial charge < -0.3 is 184 Å². The van der Waals surface area contributed by atoms with Crippen molar-refractivity contribution in [2.75, 3.05) is 39.6 Å². The van der Waals surface area contributed by atoms with Crippen molar-refractivity contribution in [1.82, 2.24) is 10.6 Å². The summed E-state index contributed by atoms with van der Waals surface area (Å²) < 4.78 is 122. The van der Waals surface area contributed by atoms with Crippen molar-refractivity contribution in [3.05, 3.63) is 0 Å². The first kappa shape index (κ1) is 80.7. The molecule has 24 N–H and O–H groups in total. The lowest BCUT2D eigenvalue weighted by Gasteiger charge is -2.52. The summed E-state index contributed by atoms with van der Waals surface area (Å²) in [6, 6.07) is -3.95. The molecule has 0 bridgehead atoms. The molecule has 7 rings (SSSR count). The maximum Gasteiger partial charge on any atom is 0.397 e. The Labute approximate surface area is 545 Å². The molecule has 7 aliphatic heterocycles. The summed E-state index contributed by atoms with van der Waals surface area (Å²) in [7, 11) is -5.61. The van der Waals surface area contributed by atoms with Gasteiger partial charge in [0.2, 0.25) is 11.8 Å². The highest BCUT2D eigenvalue weighted by molar-refractivity contribution is 7.80. The second kappa shape index (κ2) is 34.6. The molecule has 7 aliphatic rings. The minimum atomic E-state index is -5.61. The summed E-state index contributed by atoms with van der Waals surface area (Å²) in [5.74, 6) is -1.99. The van der Waals surface area contributed by atoms with E-state index in [9.17, 15) is 130 Å². The first-order chi connectivity index (χ1) is 45.0. The van der Waals surface area contributed by atoms with Crippen LogP contribution in [0.3, 0.4) is 0 Å². The number of nitrogens with one attached hydrogen (secondary N) is 2. The number of ether oxygens (including phenoxy) is 14. The van der Waals surface area contributed by atoms with Crippen molar-refractivity contribution in [3.8, 4) is 0 Å². The summed E-state index contributed by atoms with van der Waals surface area (Å²) >= 11 is 0. The largest absolute Gasteiger partial charge is 0.397 e. The molecule has 96 heavy (non-hydrogen) atoms. The van der Waals surface area contributed by atoms with Crippen LogP contribution in [0.25, 0.3) is 0 Å². The minimum absolute atomic E-state index is 0.877. The van der Waals surface area contributed by atoms with Gasteiger partial charge in [-0.3, -0.25) is 14.1 Å². The van der Waals surface area contributed by atoms with Gasteiger partial charge in [0.25, 0.3) is 0 Å². The van der Waals surface area contributed by atoms with Crippen molar-refractivity contribution >= 4 is 22.2 Å². The predicted molar refractivity (Wildman–Crippen MR) is 296 cm³/mol. The minimum Gasteiger partial charge on any atom is -0.394 e. The fraction of sp³-hybridized carbons (Fsp3) is 0.962. The highest BCUT2D eigenvalue weighted by Gasteiger charge is 2.60. The number of carbonyl (C=O) groups excluding carboxylic acids is 2. The van der Waals surface area contributed by atoms with Crippen molar-refractivity contribution in [2.45, 2.75) is 274 Å². The lowest BCUT2D eigenvalue weighted by molar-refractivity contribution is -0.407. The summed E-state index contributed by atoms with van der Waals surface area (Å²) in [4.78, 5) is 26.0. The zero-order valence-corrected chi connectivity index (χ0v) is 52.6. The molecule has 0 spiro atoms. The highest BCUT2D eigenvalue weighted by Crippen LogP contribution is 2.39. The maximum absolute atomic E-state index is 13.4. The van der Waals surface area contributed by atoms with E-state index in [1.54, 1.807) is 0 Å². The van der Waals surface area contributed by atoms with Gasteiger partial charge in [0.05, 0.1) is 64.0 Å². The number of aliphatic hydroxyl groups is 21. The molecule has 44 heteroatoms. The lowest BCUT2D eigenvalue weighted by atomic mass is 9.94. The lowest BCUT2D eigenvalue weighted by Crippen LogP contribution is -2.71. The third-order valence-electron chi connectivity index (χ3n) is 17.2. The van der Waals surface area contributed by atoms with Crippen LogP contribution in [0.4, 0.5) is 0 Å². The van der Waals surface area contributed by atoms with Gasteiger partial charge in [-0.2, -0.15) is 8.42 Å². The molecule has 7 saturated heterocycles. The van der Waals surface area contributed by atoms with Crippen molar-refractivity contribution < 1.29 is 200 Å². The van der Waals surface area contributed by atoms with Crippen LogP contribution in [-0.4, -0.2) is 411 Å². The molecule has 7 fully saturated rings. The molecular weight excluding hydrogens is 1340 g/mol. The van der Waals surface area contributed by atoms with E-state index in [1.165, 1.54) is 20.8 Å². The second-order valence-electron chi connectivity index (χ2n) is 24.1. The summed E-state index contributed by atoms with van der Waals surface area (Å²) in [6.07, 6.45) is -76.7. The Kier molecular flexibility index (Phi) is 29.1. The van der Waals surface area contributed by atoms with E-state index >= 15 is 0 Å². The molecule has 0 aliphatic carbocycles. The molecule has 2 amide bonds. The van der Waals surface area contributed by atoms with Crippen LogP contribution in [0.5, 0.6) is 0 Å². The zero-order chi connectivity index (χ0) is 71.4. The van der Waals surface area contributed by atoms with Crippen molar-refractivity contribution in [2.24, 2.45) is 0 Å². The molecule has 39 atom stereocenters. The third-order valence-corrected chi connectivity index (χ3v) is 17.6. The van der Waals surface area contributed by atoms with Crippen LogP contribution in [0.2, 0.25) is 0 Å². The molecule has 560 valence electrons. The predicted octanol–water partition coefficient (Wildman–Crippen LogP) is -15.6. The van der Waals surface area contributed by atoms with E-state index in [2.05, 4.69) is 10.6 Å². The Bertz CT molecular complexity index is 2540. The SMILES string of the molecule is CC(=O)N[C@H]1[C@H](OC[C@@H](O)[C@H](O)[C@H](O[C@@H]2O[C@H](CO)[C@H](O)[C@H](O)[C@H]2O[C@@H]2O[C@@H](C)[C@@H](O)[C@@H](O)[C@@H]2O)[C@H](CO)NC(C)=O)O[C@H](COS(=O)(=O)O)[C@@H](O[C@@H]2O[C@H](CO)[C@H](O)[C@H](O[C@H]3O[C@H](CO)[C@H](O)[C@H](O)[C@H]3O)[C@H]2O[C@@H]2O[C@@H](C)[C@@H](O)[C@@H](O)[C@@H]2O)[C@@H]1O[C@@H]1O[C@@H](C)[C@@H](O)[C@@H](O)[C@@H]1O. The van der Waals surface area contributed by atoms with Crippen LogP contribution in [0.1, 0.15) is 34.6 Å². The van der Waals surface area contributed by atoms with Crippen LogP contribution in [0.15, 0.2) is 0 Å². The van der Waals surface area contributed by atoms with Gasteiger partial charge in [0.1, 0.15) is 171 Å². The van der Waals surface area contributed by atoms with Gasteiger partial charge in [-0.15, -0.1) is 0 Å². The Balaban J connectivity index is 1.30. The molecule has 0 unspecified atom stereocenters. The molecular formula is C52H90N2O41S. The van der Waals surface area contributed by atoms with Gasteiger partial charge in [-0.1, -0.05) is 0 Å². The quantitative estimate of drug-likeness (QED) is 0.0340. The Hall–Kier alpha value is -2.59. The fourth-order valence-corrected chi connectivity index (χ4v) is 12.0.